The quantitative estimate of drug-likeness (QED) is 0.115. The van der Waals surface area contributed by atoms with E-state index in [1.165, 1.54) is 6.92 Å². The van der Waals surface area contributed by atoms with E-state index in [2.05, 4.69) is 59.2 Å². The third-order valence-corrected chi connectivity index (χ3v) is 4.92. The van der Waals surface area contributed by atoms with Gasteiger partial charge in [0.1, 0.15) is 24.2 Å². The largest absolute Gasteiger partial charge is 0.480 e. The lowest BCUT2D eigenvalue weighted by atomic mass is 10.1. The van der Waals surface area contributed by atoms with Gasteiger partial charge in [-0.15, -0.1) is 0 Å². The van der Waals surface area contributed by atoms with E-state index >= 15 is 0 Å². The zero-order valence-electron chi connectivity index (χ0n) is 16.7. The van der Waals surface area contributed by atoms with Gasteiger partial charge in [-0.3, -0.25) is 24.0 Å². The minimum Gasteiger partial charge on any atom is -0.480 e. The molecule has 0 fully saturated rings. The van der Waals surface area contributed by atoms with E-state index in [-0.39, 0.29) is 30.1 Å². The number of nitrogens with two attached hydrogens (primary N) is 1. The number of hydrogen-bond donors (Lipinski definition) is 9. The Labute approximate surface area is 195 Å². The second-order valence-corrected chi connectivity index (χ2v) is 7.42. The van der Waals surface area contributed by atoms with Gasteiger partial charge >= 0.3 is 5.97 Å². The molecule has 0 saturated carbocycles. The lowest BCUT2D eigenvalue weighted by molar-refractivity contribution is -0.142. The van der Waals surface area contributed by atoms with Crippen LogP contribution in [0.5, 0.6) is 0 Å². The summed E-state index contributed by atoms with van der Waals surface area (Å²) in [5.41, 5.74) is 5.12. The normalized spacial score (nSPS) is 14.3. The average molecular weight is 498 g/mol. The molecule has 176 valence electrons. The van der Waals surface area contributed by atoms with Crippen LogP contribution in [0.15, 0.2) is 0 Å². The third kappa shape index (κ3) is 11.2. The molecule has 0 aromatic rings. The van der Waals surface area contributed by atoms with Crippen molar-refractivity contribution in [3.63, 3.8) is 0 Å². The van der Waals surface area contributed by atoms with Gasteiger partial charge in [-0.05, 0) is 6.42 Å². The van der Waals surface area contributed by atoms with E-state index in [0.717, 1.165) is 0 Å². The zero-order chi connectivity index (χ0) is 24.1. The monoisotopic (exact) mass is 497 g/mol. The van der Waals surface area contributed by atoms with Gasteiger partial charge in [-0.1, -0.05) is 0 Å². The fraction of sp³-hybridized carbons (Fsp3) is 0.625. The maximum atomic E-state index is 12.2. The van der Waals surface area contributed by atoms with Crippen LogP contribution in [0.4, 0.5) is 0 Å². The topological polar surface area (TPSA) is 197 Å². The molecule has 5 amide bonds. The van der Waals surface area contributed by atoms with E-state index < -0.39 is 59.7 Å². The van der Waals surface area contributed by atoms with Crippen molar-refractivity contribution >= 4 is 73.4 Å². The van der Waals surface area contributed by atoms with Gasteiger partial charge in [0, 0.05) is 30.6 Å². The number of carbonyl (C=O) groups is 6. The number of nitrogens with one attached hydrogen (secondary N) is 4. The molecule has 0 aromatic carbocycles. The van der Waals surface area contributed by atoms with Gasteiger partial charge in [-0.25, -0.2) is 4.79 Å². The Kier molecular flexibility index (Phi) is 13.8. The Morgan fingerprint density at radius 3 is 1.61 bits per heavy atom. The van der Waals surface area contributed by atoms with Gasteiger partial charge in [0.15, 0.2) is 0 Å². The maximum absolute atomic E-state index is 12.2. The molecule has 12 nitrogen and oxygen atoms in total. The van der Waals surface area contributed by atoms with Crippen molar-refractivity contribution in [3.8, 4) is 0 Å². The molecule has 0 aliphatic rings. The molecule has 4 atom stereocenters. The van der Waals surface area contributed by atoms with Crippen molar-refractivity contribution in [2.75, 3.05) is 17.3 Å². The van der Waals surface area contributed by atoms with Crippen molar-refractivity contribution in [3.05, 3.63) is 0 Å². The Hall–Kier alpha value is -2.13. The number of aliphatic carboxylic acids is 1. The van der Waals surface area contributed by atoms with E-state index in [1.54, 1.807) is 0 Å². The van der Waals surface area contributed by atoms with Crippen molar-refractivity contribution < 1.29 is 33.9 Å². The molecule has 0 aliphatic carbocycles. The second-order valence-electron chi connectivity index (χ2n) is 6.32. The highest BCUT2D eigenvalue weighted by molar-refractivity contribution is 7.80. The highest BCUT2D eigenvalue weighted by Crippen LogP contribution is 2.02. The Morgan fingerprint density at radius 2 is 1.23 bits per heavy atom. The van der Waals surface area contributed by atoms with Gasteiger partial charge in [0.05, 0.1) is 0 Å². The molecule has 0 unspecified atom stereocenters. The van der Waals surface area contributed by atoms with E-state index in [0.29, 0.717) is 0 Å². The first-order valence-corrected chi connectivity index (χ1v) is 10.9. The first kappa shape index (κ1) is 28.9. The van der Waals surface area contributed by atoms with E-state index in [9.17, 15) is 33.9 Å². The SMILES string of the molecule is CC(=O)N[C@@H](CS)C(=O)N[C@@H](CCC(=O)N[C@@H](CS)C(=O)N[C@@H](CS)C(N)=O)C(=O)O. The number of primary amides is 1. The van der Waals surface area contributed by atoms with Crippen LogP contribution in [0.1, 0.15) is 19.8 Å². The van der Waals surface area contributed by atoms with Crippen LogP contribution in [-0.2, 0) is 28.8 Å². The smallest absolute Gasteiger partial charge is 0.326 e. The second kappa shape index (κ2) is 14.8. The van der Waals surface area contributed by atoms with E-state index in [1.807, 2.05) is 0 Å². The van der Waals surface area contributed by atoms with Crippen LogP contribution in [-0.4, -0.2) is 82.0 Å². The summed E-state index contributed by atoms with van der Waals surface area (Å²) in [4.78, 5) is 70.1. The fourth-order valence-corrected chi connectivity index (χ4v) is 2.97. The molecule has 31 heavy (non-hydrogen) atoms. The molecule has 0 spiro atoms. The summed E-state index contributed by atoms with van der Waals surface area (Å²) in [7, 11) is 0. The number of amides is 5. The summed E-state index contributed by atoms with van der Waals surface area (Å²) in [6.45, 7) is 1.19. The summed E-state index contributed by atoms with van der Waals surface area (Å²) in [5, 5.41) is 18.5. The fourth-order valence-electron chi connectivity index (χ4n) is 2.18. The van der Waals surface area contributed by atoms with Crippen molar-refractivity contribution in [1.29, 1.82) is 0 Å². The molecule has 0 bridgehead atoms. The standard InChI is InChI=1S/C16H27N5O7S3/c1-7(22)18-10(5-30)14(25)20-8(16(27)28)2-3-12(23)19-11(6-31)15(26)21-9(4-29)13(17)24/h8-11,29-31H,2-6H2,1H3,(H2,17,24)(H,18,22)(H,19,23)(H,20,25)(H,21,26)(H,27,28)/t8-,9-,10-,11-/m0/s1. The number of carbonyl (C=O) groups excluding carboxylic acids is 5. The van der Waals surface area contributed by atoms with Gasteiger partial charge in [0.25, 0.3) is 0 Å². The van der Waals surface area contributed by atoms with Crippen LogP contribution in [0.2, 0.25) is 0 Å². The molecule has 0 rings (SSSR count). The van der Waals surface area contributed by atoms with Crippen molar-refractivity contribution in [2.45, 2.75) is 43.9 Å². The summed E-state index contributed by atoms with van der Waals surface area (Å²) in [6.07, 6.45) is -0.625. The first-order chi connectivity index (χ1) is 14.5. The Morgan fingerprint density at radius 1 is 0.774 bits per heavy atom. The summed E-state index contributed by atoms with van der Waals surface area (Å²) >= 11 is 11.8. The number of carboxylic acid groups (broad SMARTS) is 1. The van der Waals surface area contributed by atoms with Gasteiger partial charge in [0.2, 0.25) is 29.5 Å². The Bertz CT molecular complexity index is 695. The minimum absolute atomic E-state index is 0.0416. The summed E-state index contributed by atoms with van der Waals surface area (Å²) in [6, 6.07) is -4.60. The van der Waals surface area contributed by atoms with Crippen molar-refractivity contribution in [2.24, 2.45) is 5.73 Å². The third-order valence-electron chi connectivity index (χ3n) is 3.83. The lowest BCUT2D eigenvalue weighted by Gasteiger charge is -2.21. The molecule has 0 aromatic heterocycles. The maximum Gasteiger partial charge on any atom is 0.326 e. The predicted octanol–water partition coefficient (Wildman–Crippen LogP) is -2.91. The molecule has 0 aliphatic heterocycles. The van der Waals surface area contributed by atoms with Crippen LogP contribution >= 0.6 is 37.9 Å². The Balaban J connectivity index is 4.87. The highest BCUT2D eigenvalue weighted by atomic mass is 32.1. The minimum atomic E-state index is -1.42. The van der Waals surface area contributed by atoms with Crippen LogP contribution in [0.25, 0.3) is 0 Å². The summed E-state index contributed by atoms with van der Waals surface area (Å²) in [5.74, 6) is -5.04. The average Bonchev–Trinajstić information content (AvgIpc) is 2.70. The highest BCUT2D eigenvalue weighted by Gasteiger charge is 2.27. The molecule has 0 saturated heterocycles. The molecule has 15 heteroatoms. The number of hydrogen-bond acceptors (Lipinski definition) is 9. The first-order valence-electron chi connectivity index (χ1n) is 8.98. The van der Waals surface area contributed by atoms with E-state index in [4.69, 9.17) is 5.73 Å². The lowest BCUT2D eigenvalue weighted by Crippen LogP contribution is -2.54. The van der Waals surface area contributed by atoms with Gasteiger partial charge < -0.3 is 32.1 Å². The van der Waals surface area contributed by atoms with Gasteiger partial charge in [-0.2, -0.15) is 37.9 Å². The molecule has 0 heterocycles. The summed E-state index contributed by atoms with van der Waals surface area (Å²) < 4.78 is 0. The molecular weight excluding hydrogens is 470 g/mol. The molecule has 7 N–H and O–H groups in total. The number of rotatable bonds is 14. The van der Waals surface area contributed by atoms with Crippen LogP contribution in [0, 0.1) is 0 Å². The van der Waals surface area contributed by atoms with Crippen LogP contribution < -0.4 is 27.0 Å². The molecular formula is C16H27N5O7S3. The molecule has 0 radical (unpaired) electrons. The zero-order valence-corrected chi connectivity index (χ0v) is 19.3. The van der Waals surface area contributed by atoms with Crippen molar-refractivity contribution in [1.82, 2.24) is 21.3 Å². The number of thiol groups is 3. The number of carboxylic acids is 1. The van der Waals surface area contributed by atoms with Crippen LogP contribution in [0.3, 0.4) is 0 Å². The predicted molar refractivity (Wildman–Crippen MR) is 121 cm³/mol.